The number of likely N-dealkylation sites (tertiary alicyclic amines) is 1. The van der Waals surface area contributed by atoms with E-state index in [0.29, 0.717) is 31.6 Å². The molecular formula is C16H26N2O6S. The first kappa shape index (κ1) is 21.4. The van der Waals surface area contributed by atoms with Crippen LogP contribution >= 0.6 is 11.8 Å². The Morgan fingerprint density at radius 2 is 1.92 bits per heavy atom. The molecule has 0 aromatic heterocycles. The van der Waals surface area contributed by atoms with Crippen LogP contribution in [0, 0.1) is 5.92 Å². The van der Waals surface area contributed by atoms with Crippen LogP contribution in [0.3, 0.4) is 0 Å². The number of aliphatic hydroxyl groups is 1. The van der Waals surface area contributed by atoms with Gasteiger partial charge in [0.1, 0.15) is 6.04 Å². The molecule has 1 fully saturated rings. The van der Waals surface area contributed by atoms with Gasteiger partial charge >= 0.3 is 5.97 Å². The maximum absolute atomic E-state index is 12.6. The molecule has 1 heterocycles. The second kappa shape index (κ2) is 9.76. The van der Waals surface area contributed by atoms with E-state index < -0.39 is 36.0 Å². The number of amides is 2. The van der Waals surface area contributed by atoms with Crippen molar-refractivity contribution in [2.45, 2.75) is 58.2 Å². The third-order valence-corrected chi connectivity index (χ3v) is 5.37. The van der Waals surface area contributed by atoms with Crippen LogP contribution in [0.15, 0.2) is 0 Å². The van der Waals surface area contributed by atoms with Gasteiger partial charge in [-0.05, 0) is 19.8 Å². The van der Waals surface area contributed by atoms with E-state index in [1.54, 1.807) is 13.8 Å². The van der Waals surface area contributed by atoms with Crippen molar-refractivity contribution in [1.29, 1.82) is 0 Å². The van der Waals surface area contributed by atoms with Gasteiger partial charge in [-0.25, -0.2) is 4.79 Å². The predicted molar refractivity (Wildman–Crippen MR) is 92.9 cm³/mol. The molecule has 0 saturated carbocycles. The molecule has 0 aromatic carbocycles. The number of hydrogen-bond donors (Lipinski definition) is 3. The summed E-state index contributed by atoms with van der Waals surface area (Å²) in [5.74, 6) is -2.20. The lowest BCUT2D eigenvalue weighted by atomic mass is 10.1. The molecule has 0 spiro atoms. The van der Waals surface area contributed by atoms with Crippen molar-refractivity contribution < 1.29 is 29.4 Å². The van der Waals surface area contributed by atoms with E-state index in [1.807, 2.05) is 0 Å². The molecule has 1 saturated heterocycles. The summed E-state index contributed by atoms with van der Waals surface area (Å²) in [5, 5.41) is 20.8. The number of thioether (sulfide) groups is 1. The average molecular weight is 374 g/mol. The smallest absolute Gasteiger partial charge is 0.328 e. The fourth-order valence-corrected chi connectivity index (χ4v) is 3.40. The maximum atomic E-state index is 12.6. The first-order valence-corrected chi connectivity index (χ1v) is 9.34. The van der Waals surface area contributed by atoms with Crippen molar-refractivity contribution in [2.75, 3.05) is 12.3 Å². The second-order valence-electron chi connectivity index (χ2n) is 6.19. The van der Waals surface area contributed by atoms with Crippen molar-refractivity contribution in [3.05, 3.63) is 0 Å². The van der Waals surface area contributed by atoms with Crippen LogP contribution in [-0.2, 0) is 19.2 Å². The Morgan fingerprint density at radius 1 is 1.28 bits per heavy atom. The normalized spacial score (nSPS) is 20.6. The first-order valence-electron chi connectivity index (χ1n) is 8.36. The number of nitrogens with zero attached hydrogens (tertiary/aromatic N) is 1. The van der Waals surface area contributed by atoms with Crippen LogP contribution in [0.2, 0.25) is 0 Å². The Balaban J connectivity index is 2.71. The van der Waals surface area contributed by atoms with Gasteiger partial charge in [-0.3, -0.25) is 14.4 Å². The Kier molecular flexibility index (Phi) is 8.37. The predicted octanol–water partition coefficient (Wildman–Crippen LogP) is 0.234. The number of aliphatic hydroxyl groups excluding tert-OH is 1. The second-order valence-corrected chi connectivity index (χ2v) is 7.27. The van der Waals surface area contributed by atoms with Gasteiger partial charge in [-0.1, -0.05) is 25.6 Å². The lowest BCUT2D eigenvalue weighted by Crippen LogP contribution is -2.54. The third kappa shape index (κ3) is 6.00. The standard InChI is InChI=1S/C16H26N2O6S/c1-4-12(20)25-8-9(2)15(22)18-7-5-6-11(18)14(21)17-13(10(3)19)16(23)24/h9-11,13,19H,4-8H2,1-3H3,(H,17,21)(H,23,24)/t9?,10-,11+,13+/m1/s1. The number of nitrogens with one attached hydrogen (secondary N) is 1. The molecule has 1 rings (SSSR count). The van der Waals surface area contributed by atoms with E-state index in [4.69, 9.17) is 5.11 Å². The molecular weight excluding hydrogens is 348 g/mol. The van der Waals surface area contributed by atoms with E-state index in [-0.39, 0.29) is 11.0 Å². The highest BCUT2D eigenvalue weighted by molar-refractivity contribution is 8.13. The third-order valence-electron chi connectivity index (χ3n) is 4.09. The molecule has 2 amide bonds. The van der Waals surface area contributed by atoms with E-state index in [0.717, 1.165) is 11.8 Å². The Hall–Kier alpha value is -1.61. The Morgan fingerprint density at radius 3 is 2.44 bits per heavy atom. The lowest BCUT2D eigenvalue weighted by Gasteiger charge is -2.28. The van der Waals surface area contributed by atoms with E-state index in [9.17, 15) is 24.3 Å². The van der Waals surface area contributed by atoms with Gasteiger partial charge in [-0.2, -0.15) is 0 Å². The molecule has 8 nitrogen and oxygen atoms in total. The molecule has 1 unspecified atom stereocenters. The van der Waals surface area contributed by atoms with Crippen LogP contribution in [0.1, 0.15) is 40.0 Å². The zero-order valence-electron chi connectivity index (χ0n) is 14.7. The highest BCUT2D eigenvalue weighted by Crippen LogP contribution is 2.22. The number of carboxylic acid groups (broad SMARTS) is 1. The molecule has 0 radical (unpaired) electrons. The SMILES string of the molecule is CCC(=O)SCC(C)C(=O)N1CCC[C@H]1C(=O)N[C@H](C(=O)O)[C@@H](C)O. The summed E-state index contributed by atoms with van der Waals surface area (Å²) >= 11 is 1.10. The zero-order chi connectivity index (χ0) is 19.1. The number of rotatable bonds is 8. The van der Waals surface area contributed by atoms with Gasteiger partial charge in [0.25, 0.3) is 0 Å². The molecule has 25 heavy (non-hydrogen) atoms. The minimum Gasteiger partial charge on any atom is -0.480 e. The van der Waals surface area contributed by atoms with Gasteiger partial charge in [0.15, 0.2) is 11.2 Å². The Bertz CT molecular complexity index is 525. The maximum Gasteiger partial charge on any atom is 0.328 e. The monoisotopic (exact) mass is 374 g/mol. The van der Waals surface area contributed by atoms with Crippen LogP contribution in [-0.4, -0.2) is 68.5 Å². The van der Waals surface area contributed by atoms with Crippen molar-refractivity contribution in [3.8, 4) is 0 Å². The minimum atomic E-state index is -1.42. The molecule has 0 aromatic rings. The highest BCUT2D eigenvalue weighted by Gasteiger charge is 2.38. The number of carbonyl (C=O) groups is 4. The Labute approximate surface area is 151 Å². The summed E-state index contributed by atoms with van der Waals surface area (Å²) in [6, 6.07) is -2.16. The zero-order valence-corrected chi connectivity index (χ0v) is 15.5. The summed E-state index contributed by atoms with van der Waals surface area (Å²) in [5.41, 5.74) is 0. The van der Waals surface area contributed by atoms with E-state index in [2.05, 4.69) is 5.32 Å². The number of hydrogen-bond acceptors (Lipinski definition) is 6. The lowest BCUT2D eigenvalue weighted by molar-refractivity contribution is -0.146. The van der Waals surface area contributed by atoms with Gasteiger partial charge in [-0.15, -0.1) is 0 Å². The fraction of sp³-hybridized carbons (Fsp3) is 0.750. The molecule has 3 N–H and O–H groups in total. The van der Waals surface area contributed by atoms with E-state index in [1.165, 1.54) is 11.8 Å². The first-order chi connectivity index (χ1) is 11.7. The number of aliphatic carboxylic acids is 1. The summed E-state index contributed by atoms with van der Waals surface area (Å²) in [6.07, 6.45) is 0.236. The van der Waals surface area contributed by atoms with Crippen LogP contribution < -0.4 is 5.32 Å². The molecule has 0 aliphatic carbocycles. The van der Waals surface area contributed by atoms with Crippen molar-refractivity contribution in [1.82, 2.24) is 10.2 Å². The van der Waals surface area contributed by atoms with Gasteiger partial charge in [0.05, 0.1) is 6.10 Å². The van der Waals surface area contributed by atoms with Crippen molar-refractivity contribution in [2.24, 2.45) is 5.92 Å². The highest BCUT2D eigenvalue weighted by atomic mass is 32.2. The average Bonchev–Trinajstić information content (AvgIpc) is 3.05. The van der Waals surface area contributed by atoms with Crippen molar-refractivity contribution in [3.63, 3.8) is 0 Å². The van der Waals surface area contributed by atoms with E-state index >= 15 is 0 Å². The van der Waals surface area contributed by atoms with Crippen molar-refractivity contribution >= 4 is 34.7 Å². The molecule has 142 valence electrons. The van der Waals surface area contributed by atoms with Crippen LogP contribution in [0.25, 0.3) is 0 Å². The molecule has 1 aliphatic heterocycles. The summed E-state index contributed by atoms with van der Waals surface area (Å²) in [7, 11) is 0. The fourth-order valence-electron chi connectivity index (χ4n) is 2.62. The summed E-state index contributed by atoms with van der Waals surface area (Å²) in [4.78, 5) is 48.9. The minimum absolute atomic E-state index is 0.0107. The quantitative estimate of drug-likeness (QED) is 0.556. The van der Waals surface area contributed by atoms with Crippen LogP contribution in [0.4, 0.5) is 0 Å². The van der Waals surface area contributed by atoms with Gasteiger partial charge < -0.3 is 20.4 Å². The molecule has 0 bridgehead atoms. The van der Waals surface area contributed by atoms with Crippen LogP contribution in [0.5, 0.6) is 0 Å². The summed E-state index contributed by atoms with van der Waals surface area (Å²) in [6.45, 7) is 5.16. The molecule has 1 aliphatic rings. The largest absolute Gasteiger partial charge is 0.480 e. The van der Waals surface area contributed by atoms with Gasteiger partial charge in [0, 0.05) is 24.6 Å². The topological polar surface area (TPSA) is 124 Å². The molecule has 4 atom stereocenters. The molecule has 9 heteroatoms. The summed E-state index contributed by atoms with van der Waals surface area (Å²) < 4.78 is 0. The van der Waals surface area contributed by atoms with Gasteiger partial charge in [0.2, 0.25) is 11.8 Å². The number of carboxylic acids is 1. The number of carbonyl (C=O) groups excluding carboxylic acids is 3.